The number of nitrogens with one attached hydrogen (secondary N) is 3. The van der Waals surface area contributed by atoms with Gasteiger partial charge in [0.05, 0.1) is 5.69 Å². The van der Waals surface area contributed by atoms with Crippen molar-refractivity contribution in [3.05, 3.63) is 76.8 Å². The Bertz CT molecular complexity index is 1050. The molecule has 0 spiro atoms. The van der Waals surface area contributed by atoms with Crippen LogP contribution in [0.25, 0.3) is 10.6 Å². The van der Waals surface area contributed by atoms with Crippen molar-refractivity contribution < 1.29 is 19.1 Å². The maximum Gasteiger partial charge on any atom is 0.408 e. The molecule has 1 heterocycles. The van der Waals surface area contributed by atoms with Crippen LogP contribution in [0, 0.1) is 6.92 Å². The summed E-state index contributed by atoms with van der Waals surface area (Å²) in [6, 6.07) is 17.8. The van der Waals surface area contributed by atoms with E-state index in [-0.39, 0.29) is 6.61 Å². The first-order valence-corrected chi connectivity index (χ1v) is 10.4. The molecule has 3 rings (SSSR count). The van der Waals surface area contributed by atoms with Crippen molar-refractivity contribution in [2.45, 2.75) is 26.5 Å². The monoisotopic (exact) mass is 438 g/mol. The number of hydrogen-bond acceptors (Lipinski definition) is 6. The molecular weight excluding hydrogens is 416 g/mol. The number of benzene rings is 2. The van der Waals surface area contributed by atoms with Crippen LogP contribution in [0.4, 0.5) is 4.79 Å². The minimum atomic E-state index is -0.911. The maximum absolute atomic E-state index is 12.5. The molecule has 3 N–H and O–H groups in total. The van der Waals surface area contributed by atoms with Crippen molar-refractivity contribution >= 4 is 29.2 Å². The van der Waals surface area contributed by atoms with Gasteiger partial charge in [-0.2, -0.15) is 0 Å². The summed E-state index contributed by atoms with van der Waals surface area (Å²) in [6.07, 6.45) is -0.733. The van der Waals surface area contributed by atoms with Crippen molar-refractivity contribution in [1.29, 1.82) is 0 Å². The summed E-state index contributed by atoms with van der Waals surface area (Å²) in [5.74, 6) is -1.07. The van der Waals surface area contributed by atoms with Crippen LogP contribution in [-0.2, 0) is 16.1 Å². The molecule has 0 aliphatic carbocycles. The van der Waals surface area contributed by atoms with Gasteiger partial charge in [-0.05, 0) is 19.4 Å². The van der Waals surface area contributed by atoms with Crippen LogP contribution in [-0.4, -0.2) is 28.9 Å². The van der Waals surface area contributed by atoms with Gasteiger partial charge in [0.2, 0.25) is 0 Å². The third-order valence-electron chi connectivity index (χ3n) is 4.26. The molecule has 0 radical (unpaired) electrons. The van der Waals surface area contributed by atoms with Gasteiger partial charge < -0.3 is 10.1 Å². The van der Waals surface area contributed by atoms with Crippen LogP contribution in [0.2, 0.25) is 0 Å². The van der Waals surface area contributed by atoms with Crippen LogP contribution in [0.1, 0.15) is 27.9 Å². The van der Waals surface area contributed by atoms with E-state index in [4.69, 9.17) is 4.74 Å². The van der Waals surface area contributed by atoms with E-state index in [1.165, 1.54) is 18.3 Å². The van der Waals surface area contributed by atoms with E-state index >= 15 is 0 Å². The Labute approximate surface area is 183 Å². The number of aryl methyl sites for hydroxylation is 1. The third-order valence-corrected chi connectivity index (χ3v) is 5.47. The lowest BCUT2D eigenvalue weighted by atomic mass is 10.2. The van der Waals surface area contributed by atoms with Gasteiger partial charge in [0.25, 0.3) is 11.8 Å². The number of carbonyl (C=O) groups excluding carboxylic acids is 3. The Morgan fingerprint density at radius 2 is 1.65 bits per heavy atom. The van der Waals surface area contributed by atoms with Crippen LogP contribution in [0.15, 0.2) is 60.7 Å². The normalized spacial score (nSPS) is 11.3. The molecule has 3 aromatic rings. The van der Waals surface area contributed by atoms with Gasteiger partial charge in [0.1, 0.15) is 22.5 Å². The molecule has 0 unspecified atom stereocenters. The second kappa shape index (κ2) is 10.4. The topological polar surface area (TPSA) is 109 Å². The van der Waals surface area contributed by atoms with Gasteiger partial charge in [-0.25, -0.2) is 9.78 Å². The summed E-state index contributed by atoms with van der Waals surface area (Å²) in [6.45, 7) is 3.30. The largest absolute Gasteiger partial charge is 0.445 e. The van der Waals surface area contributed by atoms with Crippen LogP contribution < -0.4 is 16.2 Å². The van der Waals surface area contributed by atoms with Crippen molar-refractivity contribution in [2.24, 2.45) is 0 Å². The molecule has 160 valence electrons. The molecule has 0 aliphatic rings. The average Bonchev–Trinajstić information content (AvgIpc) is 3.18. The molecule has 0 saturated carbocycles. The zero-order chi connectivity index (χ0) is 22.2. The van der Waals surface area contributed by atoms with Gasteiger partial charge >= 0.3 is 6.09 Å². The third kappa shape index (κ3) is 6.13. The Morgan fingerprint density at radius 1 is 1.00 bits per heavy atom. The fourth-order valence-electron chi connectivity index (χ4n) is 2.60. The summed E-state index contributed by atoms with van der Waals surface area (Å²) in [4.78, 5) is 41.3. The molecule has 31 heavy (non-hydrogen) atoms. The molecule has 2 aromatic carbocycles. The van der Waals surface area contributed by atoms with Gasteiger partial charge in [0.15, 0.2) is 0 Å². The fourth-order valence-corrected chi connectivity index (χ4v) is 3.57. The molecular formula is C22H22N4O4S. The van der Waals surface area contributed by atoms with E-state index in [1.54, 1.807) is 6.92 Å². The number of amides is 3. The second-order valence-corrected chi connectivity index (χ2v) is 7.67. The Kier molecular flexibility index (Phi) is 7.34. The minimum absolute atomic E-state index is 0.0894. The standard InChI is InChI=1S/C22H22N4O4S/c1-14-18(31-21(23-14)17-11-7-4-8-12-17)20(28)26-25-19(27)15(2)24-22(29)30-13-16-9-5-3-6-10-16/h3-12,15H,13H2,1-2H3,(H,24,29)(H,25,27)(H,26,28)/t15-/m1/s1. The van der Waals surface area contributed by atoms with Crippen molar-refractivity contribution in [3.8, 4) is 10.6 Å². The van der Waals surface area contributed by atoms with E-state index in [9.17, 15) is 14.4 Å². The van der Waals surface area contributed by atoms with Crippen LogP contribution in [0.5, 0.6) is 0 Å². The number of ether oxygens (including phenoxy) is 1. The number of thiazole rings is 1. The first-order valence-electron chi connectivity index (χ1n) is 9.54. The number of carbonyl (C=O) groups is 3. The Hall–Kier alpha value is -3.72. The molecule has 3 amide bonds. The van der Waals surface area contributed by atoms with Crippen molar-refractivity contribution in [2.75, 3.05) is 0 Å². The molecule has 9 heteroatoms. The first-order chi connectivity index (χ1) is 14.9. The molecule has 0 fully saturated rings. The van der Waals surface area contributed by atoms with Gasteiger partial charge in [0, 0.05) is 5.56 Å². The molecule has 0 saturated heterocycles. The highest BCUT2D eigenvalue weighted by Gasteiger charge is 2.20. The minimum Gasteiger partial charge on any atom is -0.445 e. The van der Waals surface area contributed by atoms with Crippen molar-refractivity contribution in [1.82, 2.24) is 21.2 Å². The van der Waals surface area contributed by atoms with Gasteiger partial charge in [-0.3, -0.25) is 20.4 Å². The van der Waals surface area contributed by atoms with Gasteiger partial charge in [-0.15, -0.1) is 11.3 Å². The number of alkyl carbamates (subject to hydrolysis) is 1. The predicted molar refractivity (Wildman–Crippen MR) is 117 cm³/mol. The highest BCUT2D eigenvalue weighted by atomic mass is 32.1. The van der Waals surface area contributed by atoms with E-state index < -0.39 is 23.9 Å². The maximum atomic E-state index is 12.5. The van der Waals surface area contributed by atoms with Crippen LogP contribution >= 0.6 is 11.3 Å². The number of hydrazine groups is 1. The Morgan fingerprint density at radius 3 is 2.32 bits per heavy atom. The Balaban J connectivity index is 1.48. The van der Waals surface area contributed by atoms with E-state index in [2.05, 4.69) is 21.2 Å². The molecule has 1 aromatic heterocycles. The number of aromatic nitrogens is 1. The summed E-state index contributed by atoms with van der Waals surface area (Å²) >= 11 is 1.23. The molecule has 0 aliphatic heterocycles. The zero-order valence-corrected chi connectivity index (χ0v) is 17.9. The number of hydrogen-bond donors (Lipinski definition) is 3. The second-order valence-electron chi connectivity index (χ2n) is 6.67. The lowest BCUT2D eigenvalue weighted by molar-refractivity contribution is -0.123. The quantitative estimate of drug-likeness (QED) is 0.512. The van der Waals surface area contributed by atoms with Crippen LogP contribution in [0.3, 0.4) is 0 Å². The SMILES string of the molecule is Cc1nc(-c2ccccc2)sc1C(=O)NNC(=O)[C@@H](C)NC(=O)OCc1ccccc1. The highest BCUT2D eigenvalue weighted by molar-refractivity contribution is 7.17. The van der Waals surface area contributed by atoms with E-state index in [0.29, 0.717) is 15.6 Å². The summed E-state index contributed by atoms with van der Waals surface area (Å²) in [5.41, 5.74) is 6.96. The number of nitrogens with zero attached hydrogens (tertiary/aromatic N) is 1. The van der Waals surface area contributed by atoms with Crippen molar-refractivity contribution in [3.63, 3.8) is 0 Å². The number of rotatable bonds is 6. The molecule has 0 bridgehead atoms. The first kappa shape index (κ1) is 22.0. The highest BCUT2D eigenvalue weighted by Crippen LogP contribution is 2.27. The lowest BCUT2D eigenvalue weighted by Crippen LogP contribution is -2.51. The summed E-state index contributed by atoms with van der Waals surface area (Å²) < 4.78 is 5.08. The summed E-state index contributed by atoms with van der Waals surface area (Å²) in [5, 5.41) is 3.13. The summed E-state index contributed by atoms with van der Waals surface area (Å²) in [7, 11) is 0. The predicted octanol–water partition coefficient (Wildman–Crippen LogP) is 3.19. The lowest BCUT2D eigenvalue weighted by Gasteiger charge is -2.14. The van der Waals surface area contributed by atoms with Gasteiger partial charge in [-0.1, -0.05) is 60.7 Å². The van der Waals surface area contributed by atoms with E-state index in [1.807, 2.05) is 60.7 Å². The van der Waals surface area contributed by atoms with E-state index in [0.717, 1.165) is 11.1 Å². The molecule has 1 atom stereocenters. The average molecular weight is 439 g/mol. The smallest absolute Gasteiger partial charge is 0.408 e. The molecule has 8 nitrogen and oxygen atoms in total. The fraction of sp³-hybridized carbons (Fsp3) is 0.182. The zero-order valence-electron chi connectivity index (χ0n) is 17.0.